The molecule has 1 amide bonds. The van der Waals surface area contributed by atoms with Gasteiger partial charge in [0.25, 0.3) is 0 Å². The zero-order valence-electron chi connectivity index (χ0n) is 15.8. The van der Waals surface area contributed by atoms with E-state index in [1.165, 1.54) is 5.69 Å². The second-order valence-corrected chi connectivity index (χ2v) is 6.87. The number of piperazine rings is 1. The first-order valence-electron chi connectivity index (χ1n) is 9.02. The van der Waals surface area contributed by atoms with E-state index in [9.17, 15) is 4.79 Å². The SMILES string of the molecule is COc1ccc(CC(=O)Nc2ccc(N3CCN(C)CC3)cc2)cc1C. The molecule has 0 saturated carbocycles. The van der Waals surface area contributed by atoms with E-state index in [4.69, 9.17) is 4.74 Å². The normalized spacial score (nSPS) is 15.0. The maximum atomic E-state index is 12.3. The van der Waals surface area contributed by atoms with Crippen molar-refractivity contribution in [3.05, 3.63) is 53.6 Å². The number of methoxy groups -OCH3 is 1. The maximum Gasteiger partial charge on any atom is 0.228 e. The standard InChI is InChI=1S/C21H27N3O2/c1-16-14-17(4-9-20(16)26-3)15-21(25)22-18-5-7-19(8-6-18)24-12-10-23(2)11-13-24/h4-9,14H,10-13,15H2,1-3H3,(H,22,25). The van der Waals surface area contributed by atoms with Gasteiger partial charge in [-0.05, 0) is 55.4 Å². The zero-order valence-corrected chi connectivity index (χ0v) is 15.8. The Morgan fingerprint density at radius 3 is 2.38 bits per heavy atom. The van der Waals surface area contributed by atoms with E-state index >= 15 is 0 Å². The van der Waals surface area contributed by atoms with Gasteiger partial charge in [-0.2, -0.15) is 0 Å². The molecule has 0 aromatic heterocycles. The number of benzene rings is 2. The first-order chi connectivity index (χ1) is 12.5. The summed E-state index contributed by atoms with van der Waals surface area (Å²) in [6.07, 6.45) is 0.352. The number of likely N-dealkylation sites (N-methyl/N-ethyl adjacent to an activating group) is 1. The average Bonchev–Trinajstić information content (AvgIpc) is 2.63. The van der Waals surface area contributed by atoms with E-state index in [0.29, 0.717) is 6.42 Å². The molecule has 5 heteroatoms. The van der Waals surface area contributed by atoms with Crippen molar-refractivity contribution in [3.63, 3.8) is 0 Å². The summed E-state index contributed by atoms with van der Waals surface area (Å²) in [7, 11) is 3.81. The zero-order chi connectivity index (χ0) is 18.5. The van der Waals surface area contributed by atoms with Crippen molar-refractivity contribution in [2.75, 3.05) is 50.6 Å². The molecule has 0 atom stereocenters. The number of rotatable bonds is 5. The summed E-state index contributed by atoms with van der Waals surface area (Å²) in [5, 5.41) is 2.98. The summed E-state index contributed by atoms with van der Waals surface area (Å²) in [6.45, 7) is 6.23. The molecule has 0 unspecified atom stereocenters. The lowest BCUT2D eigenvalue weighted by Crippen LogP contribution is -2.44. The molecule has 0 radical (unpaired) electrons. The number of carbonyl (C=O) groups excluding carboxylic acids is 1. The number of aryl methyl sites for hydroxylation is 1. The van der Waals surface area contributed by atoms with Crippen molar-refractivity contribution in [2.45, 2.75) is 13.3 Å². The Bertz CT molecular complexity index is 750. The van der Waals surface area contributed by atoms with Crippen molar-refractivity contribution in [1.29, 1.82) is 0 Å². The fourth-order valence-electron chi connectivity index (χ4n) is 3.26. The Morgan fingerprint density at radius 2 is 1.77 bits per heavy atom. The molecule has 1 aliphatic rings. The van der Waals surface area contributed by atoms with Crippen LogP contribution in [0.25, 0.3) is 0 Å². The van der Waals surface area contributed by atoms with Gasteiger partial charge in [0, 0.05) is 37.6 Å². The van der Waals surface area contributed by atoms with Gasteiger partial charge >= 0.3 is 0 Å². The summed E-state index contributed by atoms with van der Waals surface area (Å²) >= 11 is 0. The molecule has 0 aliphatic carbocycles. The molecule has 1 saturated heterocycles. The lowest BCUT2D eigenvalue weighted by atomic mass is 10.1. The van der Waals surface area contributed by atoms with Crippen LogP contribution in [0.3, 0.4) is 0 Å². The van der Waals surface area contributed by atoms with Gasteiger partial charge in [-0.25, -0.2) is 0 Å². The molecule has 1 heterocycles. The number of hydrogen-bond donors (Lipinski definition) is 1. The van der Waals surface area contributed by atoms with Gasteiger partial charge in [0.15, 0.2) is 0 Å². The van der Waals surface area contributed by atoms with Crippen molar-refractivity contribution in [2.24, 2.45) is 0 Å². The lowest BCUT2D eigenvalue weighted by Gasteiger charge is -2.34. The van der Waals surface area contributed by atoms with E-state index in [1.807, 2.05) is 37.3 Å². The fraction of sp³-hybridized carbons (Fsp3) is 0.381. The van der Waals surface area contributed by atoms with Crippen LogP contribution in [0.2, 0.25) is 0 Å². The van der Waals surface area contributed by atoms with Crippen LogP contribution < -0.4 is 15.0 Å². The van der Waals surface area contributed by atoms with Gasteiger partial charge in [-0.1, -0.05) is 12.1 Å². The van der Waals surface area contributed by atoms with Gasteiger partial charge < -0.3 is 19.9 Å². The number of ether oxygens (including phenoxy) is 1. The number of nitrogens with zero attached hydrogens (tertiary/aromatic N) is 2. The highest BCUT2D eigenvalue weighted by Crippen LogP contribution is 2.21. The van der Waals surface area contributed by atoms with E-state index in [2.05, 4.69) is 34.3 Å². The number of carbonyl (C=O) groups is 1. The smallest absolute Gasteiger partial charge is 0.228 e. The predicted molar refractivity (Wildman–Crippen MR) is 106 cm³/mol. The average molecular weight is 353 g/mol. The molecule has 0 bridgehead atoms. The van der Waals surface area contributed by atoms with Crippen molar-refractivity contribution < 1.29 is 9.53 Å². The minimum atomic E-state index is -0.0121. The number of nitrogens with one attached hydrogen (secondary N) is 1. The first kappa shape index (κ1) is 18.3. The molecular weight excluding hydrogens is 326 g/mol. The highest BCUT2D eigenvalue weighted by molar-refractivity contribution is 5.92. The lowest BCUT2D eigenvalue weighted by molar-refractivity contribution is -0.115. The second-order valence-electron chi connectivity index (χ2n) is 6.87. The minimum absolute atomic E-state index is 0.0121. The van der Waals surface area contributed by atoms with Crippen LogP contribution in [0.5, 0.6) is 5.75 Å². The molecule has 2 aromatic carbocycles. The van der Waals surface area contributed by atoms with Crippen LogP contribution >= 0.6 is 0 Å². The van der Waals surface area contributed by atoms with E-state index in [0.717, 1.165) is 48.7 Å². The van der Waals surface area contributed by atoms with Crippen LogP contribution in [0.1, 0.15) is 11.1 Å². The summed E-state index contributed by atoms with van der Waals surface area (Å²) in [6, 6.07) is 14.0. The monoisotopic (exact) mass is 353 g/mol. The third-order valence-electron chi connectivity index (χ3n) is 4.84. The highest BCUT2D eigenvalue weighted by Gasteiger charge is 2.14. The Morgan fingerprint density at radius 1 is 1.08 bits per heavy atom. The van der Waals surface area contributed by atoms with Crippen LogP contribution in [-0.2, 0) is 11.2 Å². The third kappa shape index (κ3) is 4.55. The summed E-state index contributed by atoms with van der Waals surface area (Å²) < 4.78 is 5.26. The molecular formula is C21H27N3O2. The Kier molecular flexibility index (Phi) is 5.78. The molecule has 5 nitrogen and oxygen atoms in total. The van der Waals surface area contributed by atoms with Gasteiger partial charge in [0.2, 0.25) is 5.91 Å². The van der Waals surface area contributed by atoms with Gasteiger partial charge in [0.1, 0.15) is 5.75 Å². The van der Waals surface area contributed by atoms with Crippen LogP contribution in [0, 0.1) is 6.92 Å². The van der Waals surface area contributed by atoms with Crippen molar-refractivity contribution in [3.8, 4) is 5.75 Å². The number of amides is 1. The van der Waals surface area contributed by atoms with Gasteiger partial charge in [0.05, 0.1) is 13.5 Å². The number of hydrogen-bond acceptors (Lipinski definition) is 4. The molecule has 26 heavy (non-hydrogen) atoms. The quantitative estimate of drug-likeness (QED) is 0.898. The Balaban J connectivity index is 1.56. The maximum absolute atomic E-state index is 12.3. The fourth-order valence-corrected chi connectivity index (χ4v) is 3.26. The highest BCUT2D eigenvalue weighted by atomic mass is 16.5. The molecule has 1 aliphatic heterocycles. The summed E-state index contributed by atoms with van der Waals surface area (Å²) in [5.74, 6) is 0.829. The van der Waals surface area contributed by atoms with Crippen molar-refractivity contribution in [1.82, 2.24) is 4.90 Å². The first-order valence-corrected chi connectivity index (χ1v) is 9.02. The molecule has 138 valence electrons. The van der Waals surface area contributed by atoms with Crippen molar-refractivity contribution >= 4 is 17.3 Å². The summed E-state index contributed by atoms with van der Waals surface area (Å²) in [4.78, 5) is 17.0. The number of anilines is 2. The predicted octanol–water partition coefficient (Wildman–Crippen LogP) is 2.94. The molecule has 0 spiro atoms. The largest absolute Gasteiger partial charge is 0.496 e. The molecule has 2 aromatic rings. The van der Waals surface area contributed by atoms with Crippen LogP contribution in [-0.4, -0.2) is 51.1 Å². The van der Waals surface area contributed by atoms with Crippen LogP contribution in [0.4, 0.5) is 11.4 Å². The molecule has 1 N–H and O–H groups in total. The molecule has 1 fully saturated rings. The topological polar surface area (TPSA) is 44.8 Å². The Hall–Kier alpha value is -2.53. The van der Waals surface area contributed by atoms with Gasteiger partial charge in [-0.15, -0.1) is 0 Å². The van der Waals surface area contributed by atoms with E-state index < -0.39 is 0 Å². The van der Waals surface area contributed by atoms with E-state index in [1.54, 1.807) is 7.11 Å². The molecule has 3 rings (SSSR count). The Labute approximate surface area is 155 Å². The third-order valence-corrected chi connectivity index (χ3v) is 4.84. The minimum Gasteiger partial charge on any atom is -0.496 e. The summed E-state index contributed by atoms with van der Waals surface area (Å²) in [5.41, 5.74) is 4.06. The second kappa shape index (κ2) is 8.23. The van der Waals surface area contributed by atoms with Gasteiger partial charge in [-0.3, -0.25) is 4.79 Å². The van der Waals surface area contributed by atoms with Crippen LogP contribution in [0.15, 0.2) is 42.5 Å². The van der Waals surface area contributed by atoms with E-state index in [-0.39, 0.29) is 5.91 Å².